The Bertz CT molecular complexity index is 584. The molecule has 0 N–H and O–H groups in total. The van der Waals surface area contributed by atoms with Crippen molar-refractivity contribution in [1.82, 2.24) is 0 Å². The molecule has 0 aliphatic heterocycles. The molecule has 24 heavy (non-hydrogen) atoms. The lowest BCUT2D eigenvalue weighted by Gasteiger charge is -2.06. The van der Waals surface area contributed by atoms with Crippen LogP contribution in [0.5, 0.6) is 0 Å². The normalized spacial score (nSPS) is 10.2. The molecule has 0 spiro atoms. The second kappa shape index (κ2) is 10.4. The van der Waals surface area contributed by atoms with Crippen LogP contribution in [0.15, 0.2) is 18.2 Å². The molecule has 0 unspecified atom stereocenters. The fourth-order valence-electron chi connectivity index (χ4n) is 1.99. The van der Waals surface area contributed by atoms with Crippen molar-refractivity contribution in [2.45, 2.75) is 52.6 Å². The van der Waals surface area contributed by atoms with Gasteiger partial charge in [-0.15, -0.1) is 0 Å². The number of carbonyl (C=O) groups is 2. The Balaban J connectivity index is 2.32. The molecule has 1 rings (SSSR count). The lowest BCUT2D eigenvalue weighted by molar-refractivity contribution is -0.385. The summed E-state index contributed by atoms with van der Waals surface area (Å²) in [7, 11) is 0. The first-order valence-electron chi connectivity index (χ1n) is 7.99. The molecule has 1 aromatic rings. The highest BCUT2D eigenvalue weighted by Crippen LogP contribution is 2.19. The molecule has 0 fully saturated rings. The Kier molecular flexibility index (Phi) is 8.46. The van der Waals surface area contributed by atoms with Gasteiger partial charge in [0, 0.05) is 11.6 Å². The first-order chi connectivity index (χ1) is 11.4. The molecule has 0 atom stereocenters. The number of hydrogen-bond donors (Lipinski definition) is 0. The van der Waals surface area contributed by atoms with Crippen LogP contribution in [0, 0.1) is 17.0 Å². The highest BCUT2D eigenvalue weighted by atomic mass is 16.6. The third-order valence-corrected chi connectivity index (χ3v) is 3.41. The van der Waals surface area contributed by atoms with Gasteiger partial charge in [-0.25, -0.2) is 0 Å². The third kappa shape index (κ3) is 7.21. The zero-order chi connectivity index (χ0) is 17.9. The summed E-state index contributed by atoms with van der Waals surface area (Å²) >= 11 is 0. The molecule has 0 radical (unpaired) electrons. The number of rotatable bonds is 10. The van der Waals surface area contributed by atoms with E-state index in [0.717, 1.165) is 19.3 Å². The summed E-state index contributed by atoms with van der Waals surface area (Å²) in [6.07, 6.45) is 2.76. The smallest absolute Gasteiger partial charge is 0.306 e. The monoisotopic (exact) mass is 337 g/mol. The fourth-order valence-corrected chi connectivity index (χ4v) is 1.99. The number of nitrogens with zero attached hydrogens (tertiary/aromatic N) is 1. The van der Waals surface area contributed by atoms with E-state index in [0.29, 0.717) is 17.7 Å². The van der Waals surface area contributed by atoms with Crippen molar-refractivity contribution in [3.05, 3.63) is 39.4 Å². The summed E-state index contributed by atoms with van der Waals surface area (Å²) in [4.78, 5) is 33.4. The Morgan fingerprint density at radius 2 is 1.79 bits per heavy atom. The Morgan fingerprint density at radius 3 is 2.42 bits per heavy atom. The van der Waals surface area contributed by atoms with Crippen LogP contribution in [-0.2, 0) is 25.7 Å². The van der Waals surface area contributed by atoms with Crippen molar-refractivity contribution in [2.75, 3.05) is 6.61 Å². The van der Waals surface area contributed by atoms with Crippen molar-refractivity contribution in [1.29, 1.82) is 0 Å². The number of benzene rings is 1. The predicted molar refractivity (Wildman–Crippen MR) is 87.3 cm³/mol. The highest BCUT2D eigenvalue weighted by molar-refractivity contribution is 5.77. The molecular weight excluding hydrogens is 314 g/mol. The van der Waals surface area contributed by atoms with Gasteiger partial charge in [0.1, 0.15) is 6.61 Å². The maximum absolute atomic E-state index is 11.6. The number of nitro benzene ring substituents is 1. The summed E-state index contributed by atoms with van der Waals surface area (Å²) in [5, 5.41) is 10.9. The van der Waals surface area contributed by atoms with Crippen molar-refractivity contribution in [3.63, 3.8) is 0 Å². The van der Waals surface area contributed by atoms with Gasteiger partial charge < -0.3 is 9.47 Å². The lowest BCUT2D eigenvalue weighted by atomic mass is 10.1. The topological polar surface area (TPSA) is 95.7 Å². The number of esters is 2. The Hall–Kier alpha value is -2.44. The van der Waals surface area contributed by atoms with Crippen molar-refractivity contribution in [2.24, 2.45) is 0 Å². The Morgan fingerprint density at radius 1 is 1.12 bits per heavy atom. The van der Waals surface area contributed by atoms with Crippen LogP contribution in [0.3, 0.4) is 0 Å². The molecular formula is C17H23NO6. The van der Waals surface area contributed by atoms with Gasteiger partial charge in [-0.1, -0.05) is 31.9 Å². The second-order valence-corrected chi connectivity index (χ2v) is 5.47. The van der Waals surface area contributed by atoms with Gasteiger partial charge in [0.15, 0.2) is 0 Å². The third-order valence-electron chi connectivity index (χ3n) is 3.41. The molecule has 7 nitrogen and oxygen atoms in total. The van der Waals surface area contributed by atoms with Crippen LogP contribution in [0.25, 0.3) is 0 Å². The summed E-state index contributed by atoms with van der Waals surface area (Å²) in [6, 6.07) is 4.65. The van der Waals surface area contributed by atoms with Crippen LogP contribution in [0.2, 0.25) is 0 Å². The van der Waals surface area contributed by atoms with E-state index < -0.39 is 16.9 Å². The maximum atomic E-state index is 11.6. The van der Waals surface area contributed by atoms with Gasteiger partial charge >= 0.3 is 11.9 Å². The molecule has 0 aromatic heterocycles. The largest absolute Gasteiger partial charge is 0.466 e. The van der Waals surface area contributed by atoms with E-state index >= 15 is 0 Å². The van der Waals surface area contributed by atoms with E-state index in [4.69, 9.17) is 9.47 Å². The van der Waals surface area contributed by atoms with E-state index in [2.05, 4.69) is 6.92 Å². The van der Waals surface area contributed by atoms with E-state index in [1.165, 1.54) is 6.07 Å². The summed E-state index contributed by atoms with van der Waals surface area (Å²) in [5.74, 6) is -0.960. The van der Waals surface area contributed by atoms with Crippen molar-refractivity contribution < 1.29 is 24.0 Å². The average Bonchev–Trinajstić information content (AvgIpc) is 2.55. The van der Waals surface area contributed by atoms with E-state index in [1.54, 1.807) is 19.1 Å². The Labute approximate surface area is 141 Å². The molecule has 0 heterocycles. The van der Waals surface area contributed by atoms with Crippen LogP contribution in [-0.4, -0.2) is 23.5 Å². The standard InChI is InChI=1S/C17H23NO6/c1-3-4-5-10-23-16(19)8-9-17(20)24-12-14-7-6-13(2)15(11-14)18(21)22/h6-7,11H,3-5,8-10,12H2,1-2H3. The number of aryl methyl sites for hydroxylation is 1. The molecule has 0 aliphatic carbocycles. The van der Waals surface area contributed by atoms with Crippen LogP contribution >= 0.6 is 0 Å². The van der Waals surface area contributed by atoms with Gasteiger partial charge in [-0.3, -0.25) is 19.7 Å². The van der Waals surface area contributed by atoms with E-state index in [-0.39, 0.29) is 25.1 Å². The number of carbonyl (C=O) groups excluding carboxylic acids is 2. The minimum Gasteiger partial charge on any atom is -0.466 e. The van der Waals surface area contributed by atoms with Gasteiger partial charge in [0.05, 0.1) is 24.4 Å². The summed E-state index contributed by atoms with van der Waals surface area (Å²) < 4.78 is 10.0. The average molecular weight is 337 g/mol. The number of unbranched alkanes of at least 4 members (excludes halogenated alkanes) is 2. The van der Waals surface area contributed by atoms with Crippen LogP contribution in [0.1, 0.15) is 50.2 Å². The quantitative estimate of drug-likeness (QED) is 0.281. The zero-order valence-electron chi connectivity index (χ0n) is 14.1. The van der Waals surface area contributed by atoms with E-state index in [9.17, 15) is 19.7 Å². The van der Waals surface area contributed by atoms with Gasteiger partial charge in [0.25, 0.3) is 5.69 Å². The first-order valence-corrected chi connectivity index (χ1v) is 7.99. The molecule has 0 amide bonds. The number of hydrogen-bond acceptors (Lipinski definition) is 6. The van der Waals surface area contributed by atoms with Gasteiger partial charge in [-0.2, -0.15) is 0 Å². The molecule has 0 saturated carbocycles. The molecule has 0 aliphatic rings. The maximum Gasteiger partial charge on any atom is 0.306 e. The predicted octanol–water partition coefficient (Wildman–Crippen LogP) is 3.46. The molecule has 0 bridgehead atoms. The zero-order valence-corrected chi connectivity index (χ0v) is 14.1. The van der Waals surface area contributed by atoms with Crippen LogP contribution in [0.4, 0.5) is 5.69 Å². The number of nitro groups is 1. The summed E-state index contributed by atoms with van der Waals surface area (Å²) in [5.41, 5.74) is 1.06. The molecule has 0 saturated heterocycles. The fraction of sp³-hybridized carbons (Fsp3) is 0.529. The van der Waals surface area contributed by atoms with E-state index in [1.807, 2.05) is 0 Å². The molecule has 1 aromatic carbocycles. The minimum absolute atomic E-state index is 0.0146. The molecule has 7 heteroatoms. The van der Waals surface area contributed by atoms with Gasteiger partial charge in [0.2, 0.25) is 0 Å². The number of ether oxygens (including phenoxy) is 2. The summed E-state index contributed by atoms with van der Waals surface area (Å²) in [6.45, 7) is 4.00. The SMILES string of the molecule is CCCCCOC(=O)CCC(=O)OCc1ccc(C)c([N+](=O)[O-])c1. The second-order valence-electron chi connectivity index (χ2n) is 5.47. The molecule has 132 valence electrons. The minimum atomic E-state index is -0.538. The highest BCUT2D eigenvalue weighted by Gasteiger charge is 2.13. The van der Waals surface area contributed by atoms with Crippen molar-refractivity contribution in [3.8, 4) is 0 Å². The lowest BCUT2D eigenvalue weighted by Crippen LogP contribution is -2.11. The first kappa shape index (κ1) is 19.6. The van der Waals surface area contributed by atoms with Crippen molar-refractivity contribution >= 4 is 17.6 Å². The van der Waals surface area contributed by atoms with Crippen LogP contribution < -0.4 is 0 Å². The van der Waals surface area contributed by atoms with Gasteiger partial charge in [-0.05, 0) is 18.9 Å².